The number of hydrogen-bond donors (Lipinski definition) is 2. The van der Waals surface area contributed by atoms with E-state index in [0.717, 1.165) is 67.2 Å². The van der Waals surface area contributed by atoms with Gasteiger partial charge < -0.3 is 14.9 Å². The molecule has 2 N–H and O–H groups in total. The predicted molar refractivity (Wildman–Crippen MR) is 107 cm³/mol. The molecular weight excluding hydrogens is 354 g/mol. The minimum absolute atomic E-state index is 0.000223. The zero-order chi connectivity index (χ0) is 19.5. The van der Waals surface area contributed by atoms with E-state index in [1.807, 2.05) is 0 Å². The molecule has 4 heterocycles. The highest BCUT2D eigenvalue weighted by atomic mass is 16.1. The van der Waals surface area contributed by atoms with Crippen molar-refractivity contribution < 1.29 is 0 Å². The van der Waals surface area contributed by atoms with Gasteiger partial charge in [-0.05, 0) is 25.7 Å². The standard InChI is InChI=1S/C20H25N7O/c1-19(2,3)18-25-14-12(17(28)26-18)4-5-20(14)6-8-27(9-7-20)16-13-15(22-10-21-13)23-11-24-16/h10-11H,4-9H2,1-3H3,(H,25,26,28)(H,21,22,23,24). The van der Waals surface area contributed by atoms with Gasteiger partial charge >= 0.3 is 0 Å². The third-order valence-corrected chi connectivity index (χ3v) is 6.30. The zero-order valence-corrected chi connectivity index (χ0v) is 16.5. The second kappa shape index (κ2) is 5.86. The Hall–Kier alpha value is -2.77. The van der Waals surface area contributed by atoms with Crippen molar-refractivity contribution in [3.63, 3.8) is 0 Å². The van der Waals surface area contributed by atoms with E-state index in [-0.39, 0.29) is 16.4 Å². The molecule has 3 aromatic heterocycles. The van der Waals surface area contributed by atoms with Crippen molar-refractivity contribution in [2.45, 2.75) is 57.3 Å². The Kier molecular flexibility index (Phi) is 3.63. The fraction of sp³-hybridized carbons (Fsp3) is 0.550. The number of nitrogens with zero attached hydrogens (tertiary/aromatic N) is 5. The van der Waals surface area contributed by atoms with Crippen LogP contribution >= 0.6 is 0 Å². The Balaban J connectivity index is 1.47. The quantitative estimate of drug-likeness (QED) is 0.672. The van der Waals surface area contributed by atoms with Gasteiger partial charge in [-0.15, -0.1) is 0 Å². The van der Waals surface area contributed by atoms with E-state index < -0.39 is 0 Å². The molecule has 0 aromatic carbocycles. The van der Waals surface area contributed by atoms with Crippen LogP contribution in [0, 0.1) is 0 Å². The minimum atomic E-state index is -0.175. The third kappa shape index (κ3) is 2.54. The van der Waals surface area contributed by atoms with Crippen LogP contribution in [-0.4, -0.2) is 43.0 Å². The molecule has 0 unspecified atom stereocenters. The average Bonchev–Trinajstić information content (AvgIpc) is 3.27. The maximum atomic E-state index is 12.7. The van der Waals surface area contributed by atoms with E-state index >= 15 is 0 Å². The molecule has 0 radical (unpaired) electrons. The van der Waals surface area contributed by atoms with Gasteiger partial charge in [0.05, 0.1) is 12.0 Å². The molecule has 0 atom stereocenters. The number of fused-ring (bicyclic) bond motifs is 3. The fourth-order valence-corrected chi connectivity index (χ4v) is 4.63. The first kappa shape index (κ1) is 17.3. The van der Waals surface area contributed by atoms with Crippen molar-refractivity contribution in [1.82, 2.24) is 29.9 Å². The largest absolute Gasteiger partial charge is 0.355 e. The topological polar surface area (TPSA) is 103 Å². The summed E-state index contributed by atoms with van der Waals surface area (Å²) in [4.78, 5) is 39.1. The van der Waals surface area contributed by atoms with Gasteiger partial charge in [0.15, 0.2) is 11.5 Å². The van der Waals surface area contributed by atoms with Crippen LogP contribution in [0.3, 0.4) is 0 Å². The molecule has 2 aliphatic rings. The number of nitrogens with one attached hydrogen (secondary N) is 2. The lowest BCUT2D eigenvalue weighted by Crippen LogP contribution is -2.43. The first-order valence-corrected chi connectivity index (χ1v) is 9.91. The van der Waals surface area contributed by atoms with Crippen LogP contribution < -0.4 is 10.5 Å². The average molecular weight is 379 g/mol. The van der Waals surface area contributed by atoms with E-state index in [4.69, 9.17) is 4.98 Å². The number of aromatic nitrogens is 6. The normalized spacial score (nSPS) is 18.8. The molecule has 146 valence electrons. The lowest BCUT2D eigenvalue weighted by atomic mass is 9.76. The molecule has 1 saturated heterocycles. The molecule has 0 amide bonds. The highest BCUT2D eigenvalue weighted by Gasteiger charge is 2.44. The number of rotatable bonds is 1. The molecule has 28 heavy (non-hydrogen) atoms. The summed E-state index contributed by atoms with van der Waals surface area (Å²) in [5.41, 5.74) is 3.37. The maximum Gasteiger partial charge on any atom is 0.254 e. The third-order valence-electron chi connectivity index (χ3n) is 6.30. The van der Waals surface area contributed by atoms with Gasteiger partial charge in [0.25, 0.3) is 5.56 Å². The van der Waals surface area contributed by atoms with Crippen molar-refractivity contribution >= 4 is 17.0 Å². The van der Waals surface area contributed by atoms with Gasteiger partial charge in [-0.3, -0.25) is 4.79 Å². The van der Waals surface area contributed by atoms with Crippen LogP contribution in [0.25, 0.3) is 11.2 Å². The Morgan fingerprint density at radius 2 is 1.89 bits per heavy atom. The highest BCUT2D eigenvalue weighted by molar-refractivity contribution is 5.82. The monoisotopic (exact) mass is 379 g/mol. The van der Waals surface area contributed by atoms with Crippen LogP contribution in [-0.2, 0) is 17.3 Å². The van der Waals surface area contributed by atoms with E-state index in [0.29, 0.717) is 5.65 Å². The van der Waals surface area contributed by atoms with Gasteiger partial charge in [0.2, 0.25) is 0 Å². The summed E-state index contributed by atoms with van der Waals surface area (Å²) in [6.07, 6.45) is 7.00. The molecule has 1 spiro atoms. The zero-order valence-electron chi connectivity index (χ0n) is 16.5. The number of aromatic amines is 2. The number of H-pyrrole nitrogens is 2. The smallest absolute Gasteiger partial charge is 0.254 e. The predicted octanol–water partition coefficient (Wildman–Crippen LogP) is 2.22. The number of hydrogen-bond acceptors (Lipinski definition) is 6. The summed E-state index contributed by atoms with van der Waals surface area (Å²) in [6, 6.07) is 0. The van der Waals surface area contributed by atoms with Crippen molar-refractivity contribution in [2.75, 3.05) is 18.0 Å². The van der Waals surface area contributed by atoms with Crippen LogP contribution in [0.2, 0.25) is 0 Å². The van der Waals surface area contributed by atoms with Crippen LogP contribution in [0.5, 0.6) is 0 Å². The summed E-state index contributed by atoms with van der Waals surface area (Å²) < 4.78 is 0. The van der Waals surface area contributed by atoms with Crippen molar-refractivity contribution in [1.29, 1.82) is 0 Å². The highest BCUT2D eigenvalue weighted by Crippen LogP contribution is 2.45. The van der Waals surface area contributed by atoms with Gasteiger partial charge in [-0.25, -0.2) is 19.9 Å². The molecular formula is C20H25N7O. The van der Waals surface area contributed by atoms with Crippen LogP contribution in [0.4, 0.5) is 5.82 Å². The SMILES string of the molecule is CC(C)(C)c1nc2c(c(=O)[nH]1)CCC21CCN(c2ncnc3nc[nH]c23)CC1. The van der Waals surface area contributed by atoms with Crippen molar-refractivity contribution in [3.05, 3.63) is 40.1 Å². The second-order valence-corrected chi connectivity index (χ2v) is 9.06. The van der Waals surface area contributed by atoms with E-state index in [1.165, 1.54) is 0 Å². The van der Waals surface area contributed by atoms with E-state index in [2.05, 4.69) is 50.6 Å². The lowest BCUT2D eigenvalue weighted by molar-refractivity contribution is 0.320. The Bertz CT molecular complexity index is 1100. The van der Waals surface area contributed by atoms with Crippen LogP contribution in [0.15, 0.2) is 17.4 Å². The molecule has 8 nitrogen and oxygen atoms in total. The van der Waals surface area contributed by atoms with Gasteiger partial charge in [-0.2, -0.15) is 0 Å². The van der Waals surface area contributed by atoms with E-state index in [9.17, 15) is 4.79 Å². The van der Waals surface area contributed by atoms with Crippen molar-refractivity contribution in [3.8, 4) is 0 Å². The second-order valence-electron chi connectivity index (χ2n) is 9.06. The van der Waals surface area contributed by atoms with Crippen molar-refractivity contribution in [2.24, 2.45) is 0 Å². The first-order chi connectivity index (χ1) is 13.4. The number of piperidine rings is 1. The Morgan fingerprint density at radius 1 is 1.11 bits per heavy atom. The Labute approximate surface area is 162 Å². The summed E-state index contributed by atoms with van der Waals surface area (Å²) in [5, 5.41) is 0. The fourth-order valence-electron chi connectivity index (χ4n) is 4.63. The van der Waals surface area contributed by atoms with E-state index in [1.54, 1.807) is 12.7 Å². The van der Waals surface area contributed by atoms with Gasteiger partial charge in [-0.1, -0.05) is 20.8 Å². The molecule has 0 bridgehead atoms. The summed E-state index contributed by atoms with van der Waals surface area (Å²) in [5.74, 6) is 1.69. The Morgan fingerprint density at radius 3 is 2.64 bits per heavy atom. The first-order valence-electron chi connectivity index (χ1n) is 9.91. The molecule has 1 aliphatic carbocycles. The summed E-state index contributed by atoms with van der Waals surface area (Å²) >= 11 is 0. The summed E-state index contributed by atoms with van der Waals surface area (Å²) in [7, 11) is 0. The number of anilines is 1. The van der Waals surface area contributed by atoms with Crippen LogP contribution in [0.1, 0.15) is 57.1 Å². The molecule has 8 heteroatoms. The molecule has 3 aromatic rings. The van der Waals surface area contributed by atoms with Gasteiger partial charge in [0, 0.05) is 29.5 Å². The maximum absolute atomic E-state index is 12.7. The molecule has 5 rings (SSSR count). The summed E-state index contributed by atoms with van der Waals surface area (Å²) in [6.45, 7) is 8.03. The molecule has 1 fully saturated rings. The molecule has 0 saturated carbocycles. The minimum Gasteiger partial charge on any atom is -0.355 e. The van der Waals surface area contributed by atoms with Gasteiger partial charge in [0.1, 0.15) is 17.7 Å². The molecule has 1 aliphatic heterocycles. The lowest BCUT2D eigenvalue weighted by Gasteiger charge is -2.40. The number of imidazole rings is 1.